The van der Waals surface area contributed by atoms with Gasteiger partial charge in [0.05, 0.1) is 0 Å². The third-order valence-electron chi connectivity index (χ3n) is 0.265. The first kappa shape index (κ1) is 6.86. The zero-order chi connectivity index (χ0) is 5.54. The van der Waals surface area contributed by atoms with Crippen molar-refractivity contribution < 1.29 is 0 Å². The van der Waals surface area contributed by atoms with Crippen molar-refractivity contribution in [1.29, 1.82) is 0 Å². The summed E-state index contributed by atoms with van der Waals surface area (Å²) in [4.78, 5) is 0. The van der Waals surface area contributed by atoms with Gasteiger partial charge in [0.15, 0.2) is 0 Å². The van der Waals surface area contributed by atoms with Crippen LogP contribution in [0.3, 0.4) is 0 Å². The summed E-state index contributed by atoms with van der Waals surface area (Å²) in [6.07, 6.45) is 2.55. The van der Waals surface area contributed by atoms with E-state index in [-0.39, 0.29) is 0 Å². The third kappa shape index (κ3) is 5.86. The van der Waals surface area contributed by atoms with Crippen molar-refractivity contribution in [1.82, 2.24) is 0 Å². The molecule has 0 heterocycles. The van der Waals surface area contributed by atoms with Crippen LogP contribution >= 0.6 is 0 Å². The number of nitrogens with two attached hydrogens (primary N) is 2. The Morgan fingerprint density at radius 3 is 1.86 bits per heavy atom. The van der Waals surface area contributed by atoms with Crippen LogP contribution in [-0.2, 0) is 0 Å². The third-order valence-corrected chi connectivity index (χ3v) is 2.32. The number of nitrogens with zero attached hydrogens (tertiary/aromatic N) is 2. The van der Waals surface area contributed by atoms with Gasteiger partial charge < -0.3 is 0 Å². The molecule has 0 rings (SSSR count). The van der Waals surface area contributed by atoms with Crippen LogP contribution in [-0.4, -0.2) is 37.5 Å². The minimum atomic E-state index is -1.11. The SMILES string of the molecule is N/C=[N]\[Pb]/[N]=C\N. The molecule has 0 saturated heterocycles. The van der Waals surface area contributed by atoms with Crippen molar-refractivity contribution in [2.24, 2.45) is 17.1 Å². The van der Waals surface area contributed by atoms with Crippen molar-refractivity contribution in [3.63, 3.8) is 0 Å². The van der Waals surface area contributed by atoms with Crippen LogP contribution in [0.5, 0.6) is 0 Å². The van der Waals surface area contributed by atoms with E-state index in [0.29, 0.717) is 0 Å². The molecule has 0 aromatic heterocycles. The van der Waals surface area contributed by atoms with Gasteiger partial charge in [-0.3, -0.25) is 0 Å². The Labute approximate surface area is 54.8 Å². The van der Waals surface area contributed by atoms with E-state index in [0.717, 1.165) is 0 Å². The fourth-order valence-corrected chi connectivity index (χ4v) is 0.877. The second kappa shape index (κ2) is 5.86. The molecule has 0 unspecified atom stereocenters. The normalized spacial score (nSPS) is 11.4. The fourth-order valence-electron chi connectivity index (χ4n) is 0.100. The van der Waals surface area contributed by atoms with Gasteiger partial charge in [-0.1, -0.05) is 0 Å². The van der Waals surface area contributed by atoms with E-state index in [4.69, 9.17) is 11.5 Å². The van der Waals surface area contributed by atoms with E-state index >= 15 is 0 Å². The predicted octanol–water partition coefficient (Wildman–Crippen LogP) is -1.51. The molecule has 0 atom stereocenters. The summed E-state index contributed by atoms with van der Waals surface area (Å²) < 4.78 is 7.46. The monoisotopic (exact) mass is 294 g/mol. The molecule has 0 aromatic rings. The molecule has 38 valence electrons. The zero-order valence-corrected chi connectivity index (χ0v) is 7.59. The predicted molar refractivity (Wildman–Crippen MR) is 31.1 cm³/mol. The molecular weight excluding hydrogens is 287 g/mol. The molecule has 0 aliphatic carbocycles. The maximum atomic E-state index is 4.91. The molecule has 4 N–H and O–H groups in total. The van der Waals surface area contributed by atoms with Crippen LogP contribution in [0.4, 0.5) is 0 Å². The van der Waals surface area contributed by atoms with E-state index in [1.165, 1.54) is 12.7 Å². The van der Waals surface area contributed by atoms with E-state index < -0.39 is 24.8 Å². The maximum absolute atomic E-state index is 4.91. The van der Waals surface area contributed by atoms with E-state index in [2.05, 4.69) is 5.60 Å². The average Bonchev–Trinajstić information content (AvgIpc) is 1.69. The quantitative estimate of drug-likeness (QED) is 0.369. The van der Waals surface area contributed by atoms with E-state index in [1.54, 1.807) is 0 Å². The first-order valence-corrected chi connectivity index (χ1v) is 5.11. The second-order valence-electron chi connectivity index (χ2n) is 0.656. The van der Waals surface area contributed by atoms with Crippen molar-refractivity contribution >= 4 is 37.5 Å². The van der Waals surface area contributed by atoms with Crippen molar-refractivity contribution in [2.75, 3.05) is 0 Å². The molecule has 0 aromatic carbocycles. The Bertz CT molecular complexity index is 67.8. The molecule has 4 nitrogen and oxygen atoms in total. The Kier molecular flexibility index (Phi) is 5.75. The Morgan fingerprint density at radius 2 is 1.57 bits per heavy atom. The number of rotatable bonds is 2. The number of hydrogen-bond donors (Lipinski definition) is 2. The molecule has 5 heteroatoms. The van der Waals surface area contributed by atoms with Gasteiger partial charge in [0.1, 0.15) is 0 Å². The van der Waals surface area contributed by atoms with Crippen LogP contribution in [0.2, 0.25) is 0 Å². The van der Waals surface area contributed by atoms with Crippen molar-refractivity contribution in [2.45, 2.75) is 0 Å². The standard InChI is InChI=1S/2CH3N2.Pb/c2*2-1-3;/h2*1H,(H2-,2,3);/q2*-1;+2. The van der Waals surface area contributed by atoms with Gasteiger partial charge in [0, 0.05) is 0 Å². The fraction of sp³-hybridized carbons (Fsp3) is 0. The zero-order valence-electron chi connectivity index (χ0n) is 3.70. The molecule has 2 radical (unpaired) electrons. The molecule has 0 aliphatic rings. The summed E-state index contributed by atoms with van der Waals surface area (Å²) in [6.45, 7) is 0. The van der Waals surface area contributed by atoms with Crippen molar-refractivity contribution in [3.8, 4) is 0 Å². The second-order valence-corrected chi connectivity index (χ2v) is 3.44. The van der Waals surface area contributed by atoms with Crippen LogP contribution < -0.4 is 11.5 Å². The Balaban J connectivity index is 2.98. The van der Waals surface area contributed by atoms with Gasteiger partial charge in [-0.15, -0.1) is 0 Å². The van der Waals surface area contributed by atoms with Crippen LogP contribution in [0.15, 0.2) is 5.60 Å². The van der Waals surface area contributed by atoms with Crippen LogP contribution in [0.1, 0.15) is 0 Å². The number of hydrogen-bond acceptors (Lipinski definition) is 2. The van der Waals surface area contributed by atoms with E-state index in [9.17, 15) is 0 Å². The van der Waals surface area contributed by atoms with Gasteiger partial charge in [-0.05, 0) is 0 Å². The van der Waals surface area contributed by atoms with Gasteiger partial charge in [0.2, 0.25) is 0 Å². The molecular formula is C2H6N4Pb. The topological polar surface area (TPSA) is 76.8 Å². The summed E-state index contributed by atoms with van der Waals surface area (Å²) in [5.41, 5.74) is 9.82. The van der Waals surface area contributed by atoms with E-state index in [1.807, 2.05) is 0 Å². The van der Waals surface area contributed by atoms with Gasteiger partial charge in [0.25, 0.3) is 0 Å². The van der Waals surface area contributed by atoms with Gasteiger partial charge in [-0.25, -0.2) is 0 Å². The molecule has 7 heavy (non-hydrogen) atoms. The Morgan fingerprint density at radius 1 is 1.14 bits per heavy atom. The average molecular weight is 293 g/mol. The summed E-state index contributed by atoms with van der Waals surface area (Å²) in [5.74, 6) is 0. The summed E-state index contributed by atoms with van der Waals surface area (Å²) in [7, 11) is 0. The first-order valence-electron chi connectivity index (χ1n) is 1.63. The van der Waals surface area contributed by atoms with Gasteiger partial charge >= 0.3 is 54.6 Å². The molecule has 0 spiro atoms. The molecule has 0 aliphatic heterocycles. The van der Waals surface area contributed by atoms with Crippen LogP contribution in [0, 0.1) is 0 Å². The van der Waals surface area contributed by atoms with Crippen LogP contribution in [0.25, 0.3) is 0 Å². The summed E-state index contributed by atoms with van der Waals surface area (Å²) in [6, 6.07) is 0. The molecule has 0 saturated carbocycles. The molecule has 0 amide bonds. The summed E-state index contributed by atoms with van der Waals surface area (Å²) in [5, 5.41) is 0. The minimum absolute atomic E-state index is 1.11. The molecule has 0 bridgehead atoms. The van der Waals surface area contributed by atoms with Gasteiger partial charge in [-0.2, -0.15) is 0 Å². The first-order chi connectivity index (χ1) is 3.41. The van der Waals surface area contributed by atoms with Crippen molar-refractivity contribution in [3.05, 3.63) is 0 Å². The summed E-state index contributed by atoms with van der Waals surface area (Å²) >= 11 is -1.11. The molecule has 0 fully saturated rings. The Hall–Kier alpha value is -0.138.